The number of nitrogens with zero attached hydrogens (tertiary/aromatic N) is 2. The van der Waals surface area contributed by atoms with Crippen LogP contribution in [0.2, 0.25) is 0 Å². The molecule has 0 bridgehead atoms. The lowest BCUT2D eigenvalue weighted by Gasteiger charge is -2.02. The van der Waals surface area contributed by atoms with E-state index in [2.05, 4.69) is 53.3 Å². The third-order valence-electron chi connectivity index (χ3n) is 3.57. The minimum Gasteiger partial charge on any atom is -0.241 e. The summed E-state index contributed by atoms with van der Waals surface area (Å²) in [6.07, 6.45) is 2.62. The second kappa shape index (κ2) is 4.00. The van der Waals surface area contributed by atoms with Crippen LogP contribution in [0.1, 0.15) is 12.6 Å². The van der Waals surface area contributed by atoms with Crippen molar-refractivity contribution in [3.8, 4) is 0 Å². The van der Waals surface area contributed by atoms with Crippen LogP contribution in [0.3, 0.4) is 0 Å². The van der Waals surface area contributed by atoms with Crippen molar-refractivity contribution in [2.75, 3.05) is 0 Å². The van der Waals surface area contributed by atoms with Crippen LogP contribution in [-0.4, -0.2) is 9.97 Å². The molecule has 0 aliphatic carbocycles. The highest BCUT2D eigenvalue weighted by Crippen LogP contribution is 2.38. The predicted octanol–water partition coefficient (Wildman–Crippen LogP) is 4.56. The summed E-state index contributed by atoms with van der Waals surface area (Å²) < 4.78 is 1.30. The summed E-state index contributed by atoms with van der Waals surface area (Å²) in [4.78, 5) is 9.99. The SMILES string of the molecule is CCc1ncnc2sc3ccc4ccccc4c3c12. The van der Waals surface area contributed by atoms with Crippen molar-refractivity contribution in [1.82, 2.24) is 9.97 Å². The molecule has 0 amide bonds. The molecule has 0 saturated heterocycles. The molecule has 3 heteroatoms. The van der Waals surface area contributed by atoms with E-state index in [0.717, 1.165) is 16.9 Å². The number of aryl methyl sites for hydroxylation is 1. The first-order valence-corrected chi connectivity index (χ1v) is 7.24. The van der Waals surface area contributed by atoms with Crippen LogP contribution in [0.25, 0.3) is 31.1 Å². The average Bonchev–Trinajstić information content (AvgIpc) is 2.86. The zero-order valence-corrected chi connectivity index (χ0v) is 11.4. The molecule has 4 rings (SSSR count). The molecule has 0 aliphatic heterocycles. The number of hydrogen-bond donors (Lipinski definition) is 0. The van der Waals surface area contributed by atoms with E-state index >= 15 is 0 Å². The van der Waals surface area contributed by atoms with Gasteiger partial charge in [0.25, 0.3) is 0 Å². The molecule has 0 N–H and O–H groups in total. The molecule has 0 saturated carbocycles. The number of rotatable bonds is 1. The number of fused-ring (bicyclic) bond motifs is 5. The van der Waals surface area contributed by atoms with Gasteiger partial charge in [-0.05, 0) is 23.3 Å². The molecule has 0 radical (unpaired) electrons. The Labute approximate surface area is 114 Å². The fourth-order valence-electron chi connectivity index (χ4n) is 2.70. The summed E-state index contributed by atoms with van der Waals surface area (Å²) in [5, 5.41) is 5.13. The lowest BCUT2D eigenvalue weighted by atomic mass is 10.0. The fourth-order valence-corrected chi connectivity index (χ4v) is 3.78. The molecular formula is C16H12N2S. The number of hydrogen-bond acceptors (Lipinski definition) is 3. The van der Waals surface area contributed by atoms with E-state index in [1.807, 2.05) is 0 Å². The van der Waals surface area contributed by atoms with Gasteiger partial charge in [0.1, 0.15) is 11.2 Å². The summed E-state index contributed by atoms with van der Waals surface area (Å²) in [6, 6.07) is 12.9. The molecule has 2 heterocycles. The summed E-state index contributed by atoms with van der Waals surface area (Å²) in [7, 11) is 0. The highest BCUT2D eigenvalue weighted by molar-refractivity contribution is 7.25. The van der Waals surface area contributed by atoms with Gasteiger partial charge in [-0.25, -0.2) is 9.97 Å². The van der Waals surface area contributed by atoms with E-state index in [4.69, 9.17) is 0 Å². The van der Waals surface area contributed by atoms with E-state index in [9.17, 15) is 0 Å². The Morgan fingerprint density at radius 3 is 2.79 bits per heavy atom. The molecule has 2 aromatic carbocycles. The van der Waals surface area contributed by atoms with Crippen molar-refractivity contribution in [3.05, 3.63) is 48.4 Å². The Balaban J connectivity index is 2.34. The maximum Gasteiger partial charge on any atom is 0.128 e. The van der Waals surface area contributed by atoms with Gasteiger partial charge in [-0.2, -0.15) is 0 Å². The van der Waals surface area contributed by atoms with Crippen molar-refractivity contribution in [3.63, 3.8) is 0 Å². The third-order valence-corrected chi connectivity index (χ3v) is 4.64. The van der Waals surface area contributed by atoms with E-state index in [1.54, 1.807) is 17.7 Å². The molecule has 92 valence electrons. The molecule has 2 nitrogen and oxygen atoms in total. The molecule has 2 aromatic heterocycles. The van der Waals surface area contributed by atoms with Crippen LogP contribution in [-0.2, 0) is 6.42 Å². The zero-order chi connectivity index (χ0) is 12.8. The van der Waals surface area contributed by atoms with Crippen molar-refractivity contribution in [2.24, 2.45) is 0 Å². The van der Waals surface area contributed by atoms with Crippen LogP contribution in [0.15, 0.2) is 42.7 Å². The summed E-state index contributed by atoms with van der Waals surface area (Å²) >= 11 is 1.75. The third kappa shape index (κ3) is 1.48. The molecule has 0 spiro atoms. The molecule has 0 fully saturated rings. The minimum atomic E-state index is 0.939. The van der Waals surface area contributed by atoms with Gasteiger partial charge in [-0.3, -0.25) is 0 Å². The van der Waals surface area contributed by atoms with E-state index < -0.39 is 0 Å². The highest BCUT2D eigenvalue weighted by Gasteiger charge is 2.12. The molecule has 4 aromatic rings. The second-order valence-corrected chi connectivity index (χ2v) is 5.65. The summed E-state index contributed by atoms with van der Waals surface area (Å²) in [5.74, 6) is 0. The second-order valence-electron chi connectivity index (χ2n) is 4.62. The first-order valence-electron chi connectivity index (χ1n) is 6.42. The Morgan fingerprint density at radius 1 is 1.00 bits per heavy atom. The Kier molecular flexibility index (Phi) is 2.29. The van der Waals surface area contributed by atoms with Gasteiger partial charge < -0.3 is 0 Å². The van der Waals surface area contributed by atoms with Crippen LogP contribution >= 0.6 is 11.3 Å². The Morgan fingerprint density at radius 2 is 1.89 bits per heavy atom. The highest BCUT2D eigenvalue weighted by atomic mass is 32.1. The van der Waals surface area contributed by atoms with E-state index in [-0.39, 0.29) is 0 Å². The quantitative estimate of drug-likeness (QED) is 0.503. The predicted molar refractivity (Wildman–Crippen MR) is 81.8 cm³/mol. The Hall–Kier alpha value is -2.00. The van der Waals surface area contributed by atoms with Crippen molar-refractivity contribution in [1.29, 1.82) is 0 Å². The minimum absolute atomic E-state index is 0.939. The molecule has 19 heavy (non-hydrogen) atoms. The van der Waals surface area contributed by atoms with Gasteiger partial charge >= 0.3 is 0 Å². The Bertz CT molecular complexity index is 908. The maximum atomic E-state index is 4.45. The van der Waals surface area contributed by atoms with E-state index in [1.165, 1.54) is 26.2 Å². The van der Waals surface area contributed by atoms with Gasteiger partial charge in [-0.15, -0.1) is 11.3 Å². The normalized spacial score (nSPS) is 11.6. The molecule has 0 atom stereocenters. The standard InChI is InChI=1S/C16H12N2S/c1-2-12-15-14-11-6-4-3-5-10(11)7-8-13(14)19-16(15)18-9-17-12/h3-9H,2H2,1H3. The zero-order valence-electron chi connectivity index (χ0n) is 10.6. The lowest BCUT2D eigenvalue weighted by Crippen LogP contribution is -1.88. The monoisotopic (exact) mass is 264 g/mol. The van der Waals surface area contributed by atoms with Crippen molar-refractivity contribution in [2.45, 2.75) is 13.3 Å². The van der Waals surface area contributed by atoms with E-state index in [0.29, 0.717) is 0 Å². The van der Waals surface area contributed by atoms with Gasteiger partial charge in [0.05, 0.1) is 5.69 Å². The van der Waals surface area contributed by atoms with Crippen LogP contribution in [0.5, 0.6) is 0 Å². The van der Waals surface area contributed by atoms with Gasteiger partial charge in [0.15, 0.2) is 0 Å². The van der Waals surface area contributed by atoms with Crippen molar-refractivity contribution < 1.29 is 0 Å². The van der Waals surface area contributed by atoms with Gasteiger partial charge in [-0.1, -0.05) is 37.3 Å². The first-order chi connectivity index (χ1) is 9.38. The van der Waals surface area contributed by atoms with Gasteiger partial charge in [0, 0.05) is 15.5 Å². The molecule has 0 unspecified atom stereocenters. The fraction of sp³-hybridized carbons (Fsp3) is 0.125. The lowest BCUT2D eigenvalue weighted by molar-refractivity contribution is 1.04. The van der Waals surface area contributed by atoms with Crippen LogP contribution < -0.4 is 0 Å². The summed E-state index contributed by atoms with van der Waals surface area (Å²) in [6.45, 7) is 2.15. The van der Waals surface area contributed by atoms with Crippen molar-refractivity contribution >= 4 is 42.4 Å². The number of thiophene rings is 1. The van der Waals surface area contributed by atoms with Gasteiger partial charge in [0.2, 0.25) is 0 Å². The number of aromatic nitrogens is 2. The first kappa shape index (κ1) is 10.9. The maximum absolute atomic E-state index is 4.45. The topological polar surface area (TPSA) is 25.8 Å². The smallest absolute Gasteiger partial charge is 0.128 e. The molecular weight excluding hydrogens is 252 g/mol. The largest absolute Gasteiger partial charge is 0.241 e. The number of benzene rings is 2. The van der Waals surface area contributed by atoms with Crippen LogP contribution in [0, 0.1) is 0 Å². The average molecular weight is 264 g/mol. The van der Waals surface area contributed by atoms with Crippen LogP contribution in [0.4, 0.5) is 0 Å². The molecule has 0 aliphatic rings. The summed E-state index contributed by atoms with van der Waals surface area (Å²) in [5.41, 5.74) is 1.15.